The van der Waals surface area contributed by atoms with Gasteiger partial charge in [0, 0.05) is 17.1 Å². The van der Waals surface area contributed by atoms with Gasteiger partial charge in [0.15, 0.2) is 12.4 Å². The molecular formula is C17H18ClN3O3. The van der Waals surface area contributed by atoms with Crippen molar-refractivity contribution < 1.29 is 14.4 Å². The number of rotatable bonds is 7. The summed E-state index contributed by atoms with van der Waals surface area (Å²) in [7, 11) is 1.59. The van der Waals surface area contributed by atoms with Crippen molar-refractivity contribution in [1.82, 2.24) is 5.32 Å². The Morgan fingerprint density at radius 1 is 1.25 bits per heavy atom. The number of carbonyl (C=O) groups is 1. The maximum Gasteiger partial charge on any atom is 0.261 e. The van der Waals surface area contributed by atoms with Gasteiger partial charge in [-0.3, -0.25) is 4.79 Å². The lowest BCUT2D eigenvalue weighted by atomic mass is 10.2. The van der Waals surface area contributed by atoms with Crippen molar-refractivity contribution >= 4 is 23.3 Å². The van der Waals surface area contributed by atoms with Crippen molar-refractivity contribution in [2.75, 3.05) is 13.7 Å². The van der Waals surface area contributed by atoms with E-state index >= 15 is 0 Å². The first-order chi connectivity index (χ1) is 11.6. The van der Waals surface area contributed by atoms with Gasteiger partial charge < -0.3 is 20.6 Å². The van der Waals surface area contributed by atoms with E-state index in [9.17, 15) is 4.79 Å². The summed E-state index contributed by atoms with van der Waals surface area (Å²) in [6, 6.07) is 14.2. The third-order valence-corrected chi connectivity index (χ3v) is 3.37. The fourth-order valence-corrected chi connectivity index (χ4v) is 1.99. The molecule has 0 saturated heterocycles. The average Bonchev–Trinajstić information content (AvgIpc) is 2.60. The average molecular weight is 348 g/mol. The highest BCUT2D eigenvalue weighted by Gasteiger charge is 2.04. The van der Waals surface area contributed by atoms with Crippen molar-refractivity contribution in [3.63, 3.8) is 0 Å². The first-order valence-corrected chi connectivity index (χ1v) is 7.57. The van der Waals surface area contributed by atoms with Crippen molar-refractivity contribution in [1.29, 1.82) is 0 Å². The summed E-state index contributed by atoms with van der Waals surface area (Å²) in [5, 5.41) is 7.04. The number of methoxy groups -OCH3 is 1. The van der Waals surface area contributed by atoms with Crippen molar-refractivity contribution in [3.8, 4) is 5.75 Å². The Labute approximate surface area is 145 Å². The molecule has 7 heteroatoms. The highest BCUT2D eigenvalue weighted by Crippen LogP contribution is 2.12. The van der Waals surface area contributed by atoms with Gasteiger partial charge in [0.2, 0.25) is 0 Å². The van der Waals surface area contributed by atoms with E-state index in [-0.39, 0.29) is 18.3 Å². The third-order valence-electron chi connectivity index (χ3n) is 3.12. The molecule has 0 bridgehead atoms. The number of hydrogen-bond acceptors (Lipinski definition) is 4. The molecule has 3 N–H and O–H groups in total. The Morgan fingerprint density at radius 3 is 2.71 bits per heavy atom. The standard InChI is InChI=1S/C17H18ClN3O3/c1-23-15-4-2-3-12(9-15)10-20-16(22)11-24-21-17(19)13-5-7-14(18)8-6-13/h2-9H,10-11H2,1H3,(H2,19,21)(H,20,22). The first-order valence-electron chi connectivity index (χ1n) is 7.19. The maximum atomic E-state index is 11.7. The summed E-state index contributed by atoms with van der Waals surface area (Å²) in [5.74, 6) is 0.607. The zero-order chi connectivity index (χ0) is 17.4. The number of carbonyl (C=O) groups excluding carboxylic acids is 1. The molecule has 2 rings (SSSR count). The summed E-state index contributed by atoms with van der Waals surface area (Å²) in [4.78, 5) is 16.7. The Bertz CT molecular complexity index is 717. The van der Waals surface area contributed by atoms with E-state index in [1.54, 1.807) is 31.4 Å². The van der Waals surface area contributed by atoms with Crippen LogP contribution < -0.4 is 15.8 Å². The molecular weight excluding hydrogens is 330 g/mol. The van der Waals surface area contributed by atoms with Gasteiger partial charge in [-0.15, -0.1) is 0 Å². The van der Waals surface area contributed by atoms with Crippen LogP contribution in [0.25, 0.3) is 0 Å². The molecule has 0 saturated carbocycles. The first kappa shape index (κ1) is 17.6. The molecule has 0 radical (unpaired) electrons. The van der Waals surface area contributed by atoms with Crippen LogP contribution >= 0.6 is 11.6 Å². The minimum Gasteiger partial charge on any atom is -0.497 e. The third kappa shape index (κ3) is 5.48. The molecule has 24 heavy (non-hydrogen) atoms. The van der Waals surface area contributed by atoms with Gasteiger partial charge in [0.05, 0.1) is 7.11 Å². The van der Waals surface area contributed by atoms with Gasteiger partial charge in [-0.1, -0.05) is 28.9 Å². The van der Waals surface area contributed by atoms with Crippen LogP contribution in [-0.4, -0.2) is 25.5 Å². The van der Waals surface area contributed by atoms with Gasteiger partial charge in [0.25, 0.3) is 5.91 Å². The molecule has 2 aromatic rings. The van der Waals surface area contributed by atoms with Crippen molar-refractivity contribution in [2.45, 2.75) is 6.54 Å². The Kier molecular flexibility index (Phi) is 6.45. The molecule has 1 amide bonds. The normalized spacial score (nSPS) is 11.0. The topological polar surface area (TPSA) is 85.9 Å². The number of ether oxygens (including phenoxy) is 1. The number of nitrogens with two attached hydrogens (primary N) is 1. The molecule has 6 nitrogen and oxygen atoms in total. The zero-order valence-electron chi connectivity index (χ0n) is 13.2. The minimum absolute atomic E-state index is 0.173. The molecule has 0 aliphatic carbocycles. The predicted octanol–water partition coefficient (Wildman–Crippen LogP) is 2.30. The minimum atomic E-state index is -0.300. The molecule has 2 aromatic carbocycles. The van der Waals surface area contributed by atoms with E-state index in [1.807, 2.05) is 24.3 Å². The molecule has 0 fully saturated rings. The number of halogens is 1. The van der Waals surface area contributed by atoms with Crippen LogP contribution in [0.15, 0.2) is 53.7 Å². The lowest BCUT2D eigenvalue weighted by molar-refractivity contribution is -0.125. The number of oxime groups is 1. The summed E-state index contributed by atoms with van der Waals surface area (Å²) >= 11 is 5.79. The molecule has 0 heterocycles. The largest absolute Gasteiger partial charge is 0.497 e. The van der Waals surface area contributed by atoms with Crippen LogP contribution in [-0.2, 0) is 16.2 Å². The van der Waals surface area contributed by atoms with E-state index in [0.717, 1.165) is 11.3 Å². The summed E-state index contributed by atoms with van der Waals surface area (Å²) < 4.78 is 5.12. The van der Waals surface area contributed by atoms with E-state index in [1.165, 1.54) is 0 Å². The maximum absolute atomic E-state index is 11.7. The highest BCUT2D eigenvalue weighted by molar-refractivity contribution is 6.30. The Balaban J connectivity index is 1.78. The number of nitrogens with zero attached hydrogens (tertiary/aromatic N) is 1. The second-order valence-electron chi connectivity index (χ2n) is 4.89. The summed E-state index contributed by atoms with van der Waals surface area (Å²) in [6.07, 6.45) is 0. The molecule has 126 valence electrons. The van der Waals surface area contributed by atoms with Crippen LogP contribution in [0.5, 0.6) is 5.75 Å². The molecule has 0 unspecified atom stereocenters. The Hall–Kier alpha value is -2.73. The lowest BCUT2D eigenvalue weighted by Crippen LogP contribution is -2.27. The fraction of sp³-hybridized carbons (Fsp3) is 0.176. The second-order valence-corrected chi connectivity index (χ2v) is 5.32. The monoisotopic (exact) mass is 347 g/mol. The lowest BCUT2D eigenvalue weighted by Gasteiger charge is -2.07. The summed E-state index contributed by atoms with van der Waals surface area (Å²) in [5.41, 5.74) is 7.35. The smallest absolute Gasteiger partial charge is 0.261 e. The summed E-state index contributed by atoms with van der Waals surface area (Å²) in [6.45, 7) is 0.147. The van der Waals surface area contributed by atoms with E-state index in [4.69, 9.17) is 26.9 Å². The zero-order valence-corrected chi connectivity index (χ0v) is 13.9. The van der Waals surface area contributed by atoms with Crippen LogP contribution in [0.2, 0.25) is 5.02 Å². The number of hydrogen-bond donors (Lipinski definition) is 2. The number of amidine groups is 1. The molecule has 0 spiro atoms. The number of amides is 1. The van der Waals surface area contributed by atoms with E-state index in [2.05, 4.69) is 10.5 Å². The second kappa shape index (κ2) is 8.79. The van der Waals surface area contributed by atoms with Gasteiger partial charge in [0.1, 0.15) is 5.75 Å². The fourth-order valence-electron chi connectivity index (χ4n) is 1.87. The molecule has 0 aliphatic heterocycles. The van der Waals surface area contributed by atoms with E-state index < -0.39 is 0 Å². The molecule has 0 aromatic heterocycles. The van der Waals surface area contributed by atoms with Gasteiger partial charge in [-0.2, -0.15) is 0 Å². The van der Waals surface area contributed by atoms with Crippen LogP contribution in [0.3, 0.4) is 0 Å². The van der Waals surface area contributed by atoms with Crippen LogP contribution in [0.1, 0.15) is 11.1 Å². The van der Waals surface area contributed by atoms with Crippen LogP contribution in [0, 0.1) is 0 Å². The van der Waals surface area contributed by atoms with Gasteiger partial charge in [-0.05, 0) is 42.0 Å². The van der Waals surface area contributed by atoms with Gasteiger partial charge >= 0.3 is 0 Å². The molecule has 0 atom stereocenters. The van der Waals surface area contributed by atoms with Crippen LogP contribution in [0.4, 0.5) is 0 Å². The predicted molar refractivity (Wildman–Crippen MR) is 93.0 cm³/mol. The Morgan fingerprint density at radius 2 is 2.00 bits per heavy atom. The highest BCUT2D eigenvalue weighted by atomic mass is 35.5. The quantitative estimate of drug-likeness (QED) is 0.457. The number of benzene rings is 2. The van der Waals surface area contributed by atoms with Crippen molar-refractivity contribution in [2.24, 2.45) is 10.9 Å². The molecule has 0 aliphatic rings. The SMILES string of the molecule is COc1cccc(CNC(=O)CO/N=C(\N)c2ccc(Cl)cc2)c1. The number of nitrogens with one attached hydrogen (secondary N) is 1. The van der Waals surface area contributed by atoms with Crippen molar-refractivity contribution in [3.05, 3.63) is 64.7 Å². The van der Waals surface area contributed by atoms with E-state index in [0.29, 0.717) is 17.1 Å². The van der Waals surface area contributed by atoms with Gasteiger partial charge in [-0.25, -0.2) is 0 Å².